The molecule has 0 aromatic carbocycles. The van der Waals surface area contributed by atoms with Gasteiger partial charge in [-0.05, 0) is 39.3 Å². The minimum absolute atomic E-state index is 0.0998. The quantitative estimate of drug-likeness (QED) is 0.733. The second-order valence-corrected chi connectivity index (χ2v) is 5.97. The second kappa shape index (κ2) is 6.92. The van der Waals surface area contributed by atoms with Crippen molar-refractivity contribution in [3.63, 3.8) is 0 Å². The van der Waals surface area contributed by atoms with E-state index in [0.717, 1.165) is 5.76 Å². The fourth-order valence-corrected chi connectivity index (χ4v) is 2.74. The lowest BCUT2D eigenvalue weighted by molar-refractivity contribution is -0.121. The van der Waals surface area contributed by atoms with E-state index in [9.17, 15) is 9.59 Å². The fourth-order valence-electron chi connectivity index (χ4n) is 2.74. The van der Waals surface area contributed by atoms with E-state index < -0.39 is 0 Å². The molecule has 0 saturated heterocycles. The summed E-state index contributed by atoms with van der Waals surface area (Å²) in [5.74, 6) is 2.00. The molecule has 0 atom stereocenters. The summed E-state index contributed by atoms with van der Waals surface area (Å²) < 4.78 is 11.8. The van der Waals surface area contributed by atoms with Gasteiger partial charge in [0.2, 0.25) is 5.91 Å². The van der Waals surface area contributed by atoms with E-state index in [1.54, 1.807) is 13.8 Å². The highest BCUT2D eigenvalue weighted by Gasteiger charge is 2.15. The van der Waals surface area contributed by atoms with E-state index in [-0.39, 0.29) is 17.0 Å². The van der Waals surface area contributed by atoms with Gasteiger partial charge in [-0.2, -0.15) is 5.10 Å². The lowest BCUT2D eigenvalue weighted by Gasteiger charge is -2.06. The van der Waals surface area contributed by atoms with Crippen LogP contribution in [0.4, 0.5) is 0 Å². The molecule has 3 rings (SSSR count). The zero-order valence-corrected chi connectivity index (χ0v) is 14.5. The Morgan fingerprint density at radius 1 is 1.28 bits per heavy atom. The van der Waals surface area contributed by atoms with Crippen LogP contribution in [0.3, 0.4) is 0 Å². The zero-order chi connectivity index (χ0) is 18.0. The Morgan fingerprint density at radius 2 is 2.08 bits per heavy atom. The number of amides is 1. The van der Waals surface area contributed by atoms with Crippen LogP contribution in [0, 0.1) is 20.8 Å². The van der Waals surface area contributed by atoms with Gasteiger partial charge in [-0.25, -0.2) is 4.68 Å². The van der Waals surface area contributed by atoms with E-state index in [1.807, 2.05) is 19.1 Å². The van der Waals surface area contributed by atoms with Gasteiger partial charge >= 0.3 is 0 Å². The Balaban J connectivity index is 1.57. The molecule has 0 aliphatic heterocycles. The monoisotopic (exact) mass is 344 g/mol. The smallest absolute Gasteiger partial charge is 0.296 e. The number of rotatable bonds is 6. The van der Waals surface area contributed by atoms with Crippen LogP contribution in [0.25, 0.3) is 10.9 Å². The summed E-state index contributed by atoms with van der Waals surface area (Å²) in [4.78, 5) is 24.2. The van der Waals surface area contributed by atoms with Crippen molar-refractivity contribution in [2.24, 2.45) is 0 Å². The van der Waals surface area contributed by atoms with Gasteiger partial charge in [0.25, 0.3) is 5.56 Å². The average molecular weight is 344 g/mol. The third-order valence-corrected chi connectivity index (χ3v) is 3.96. The highest BCUT2D eigenvalue weighted by atomic mass is 16.5. The maximum absolute atomic E-state index is 12.3. The van der Waals surface area contributed by atoms with Crippen molar-refractivity contribution in [3.8, 4) is 0 Å². The molecule has 3 aromatic heterocycles. The van der Waals surface area contributed by atoms with E-state index in [2.05, 4.69) is 15.6 Å². The number of aromatic nitrogens is 3. The molecule has 0 bridgehead atoms. The van der Waals surface area contributed by atoms with Gasteiger partial charge in [0.1, 0.15) is 17.3 Å². The Kier molecular flexibility index (Phi) is 4.69. The largest absolute Gasteiger partial charge is 0.465 e. The molecule has 0 spiro atoms. The average Bonchev–Trinajstić information content (AvgIpc) is 3.16. The number of hydrogen-bond acceptors (Lipinski definition) is 6. The van der Waals surface area contributed by atoms with Gasteiger partial charge in [0, 0.05) is 13.0 Å². The van der Waals surface area contributed by atoms with Crippen molar-refractivity contribution >= 4 is 16.8 Å². The third-order valence-electron chi connectivity index (χ3n) is 3.96. The first kappa shape index (κ1) is 16.9. The van der Waals surface area contributed by atoms with Gasteiger partial charge < -0.3 is 14.3 Å². The van der Waals surface area contributed by atoms with Crippen LogP contribution in [0.1, 0.15) is 35.8 Å². The summed E-state index contributed by atoms with van der Waals surface area (Å²) in [6.45, 7) is 6.10. The maximum Gasteiger partial charge on any atom is 0.296 e. The molecule has 0 aliphatic carbocycles. The number of hydrogen-bond donors (Lipinski definition) is 1. The topological polar surface area (TPSA) is 103 Å². The van der Waals surface area contributed by atoms with Crippen LogP contribution in [0.2, 0.25) is 0 Å². The Morgan fingerprint density at radius 3 is 2.80 bits per heavy atom. The van der Waals surface area contributed by atoms with Crippen molar-refractivity contribution in [1.29, 1.82) is 0 Å². The predicted octanol–water partition coefficient (Wildman–Crippen LogP) is 2.00. The van der Waals surface area contributed by atoms with Crippen molar-refractivity contribution in [2.45, 2.75) is 46.7 Å². The first-order valence-electron chi connectivity index (χ1n) is 8.11. The zero-order valence-electron chi connectivity index (χ0n) is 14.5. The number of nitrogens with one attached hydrogen (secondary N) is 1. The van der Waals surface area contributed by atoms with Crippen LogP contribution in [-0.4, -0.2) is 20.8 Å². The van der Waals surface area contributed by atoms with Crippen LogP contribution in [0.15, 0.2) is 25.9 Å². The molecule has 132 valence electrons. The Hall–Kier alpha value is -2.90. The molecule has 1 amide bonds. The van der Waals surface area contributed by atoms with Crippen molar-refractivity contribution < 1.29 is 13.7 Å². The van der Waals surface area contributed by atoms with Crippen molar-refractivity contribution in [1.82, 2.24) is 20.3 Å². The predicted molar refractivity (Wildman–Crippen MR) is 90.1 cm³/mol. The molecule has 0 radical (unpaired) electrons. The Labute approximate surface area is 143 Å². The summed E-state index contributed by atoms with van der Waals surface area (Å²) in [5.41, 5.74) is 0.664. The number of fused-ring (bicyclic) bond motifs is 1. The number of carbonyl (C=O) groups excluding carboxylic acids is 1. The normalized spacial score (nSPS) is 11.2. The second-order valence-electron chi connectivity index (χ2n) is 5.97. The molecule has 0 unspecified atom stereocenters. The highest BCUT2D eigenvalue weighted by Crippen LogP contribution is 2.16. The first-order valence-corrected chi connectivity index (χ1v) is 8.11. The van der Waals surface area contributed by atoms with E-state index in [1.165, 1.54) is 4.68 Å². The molecule has 8 heteroatoms. The molecule has 1 N–H and O–H groups in total. The number of furan rings is 1. The van der Waals surface area contributed by atoms with E-state index in [4.69, 9.17) is 8.94 Å². The molecular formula is C17H20N4O4. The van der Waals surface area contributed by atoms with Gasteiger partial charge in [-0.3, -0.25) is 9.59 Å². The standard InChI is InChI=1S/C17H20N4O4/c1-10-6-7-13(24-10)9-18-14(22)5-4-8-21-17(23)16-15(11(2)19-21)12(3)25-20-16/h6-7H,4-5,8-9H2,1-3H3,(H,18,22). The Bertz CT molecular complexity index is 967. The van der Waals surface area contributed by atoms with Crippen molar-refractivity contribution in [2.75, 3.05) is 0 Å². The van der Waals surface area contributed by atoms with Gasteiger partial charge in [-0.1, -0.05) is 5.16 Å². The van der Waals surface area contributed by atoms with Crippen molar-refractivity contribution in [3.05, 3.63) is 45.5 Å². The first-order chi connectivity index (χ1) is 12.0. The van der Waals surface area contributed by atoms with Crippen LogP contribution in [-0.2, 0) is 17.9 Å². The summed E-state index contributed by atoms with van der Waals surface area (Å²) in [6.07, 6.45) is 0.792. The molecule has 0 saturated carbocycles. The molecule has 8 nitrogen and oxygen atoms in total. The fraction of sp³-hybridized carbons (Fsp3) is 0.412. The van der Waals surface area contributed by atoms with Gasteiger partial charge in [0.15, 0.2) is 5.52 Å². The maximum atomic E-state index is 12.3. The third kappa shape index (κ3) is 3.62. The molecule has 3 heterocycles. The summed E-state index contributed by atoms with van der Waals surface area (Å²) in [5, 5.41) is 11.5. The lowest BCUT2D eigenvalue weighted by atomic mass is 10.2. The van der Waals surface area contributed by atoms with E-state index in [0.29, 0.717) is 48.5 Å². The summed E-state index contributed by atoms with van der Waals surface area (Å²) in [6, 6.07) is 3.68. The molecule has 0 fully saturated rings. The van der Waals surface area contributed by atoms with Gasteiger partial charge in [-0.15, -0.1) is 0 Å². The van der Waals surface area contributed by atoms with Crippen LogP contribution < -0.4 is 10.9 Å². The van der Waals surface area contributed by atoms with Gasteiger partial charge in [0.05, 0.1) is 17.6 Å². The minimum atomic E-state index is -0.302. The molecule has 25 heavy (non-hydrogen) atoms. The number of aryl methyl sites for hydroxylation is 4. The van der Waals surface area contributed by atoms with Crippen LogP contribution in [0.5, 0.6) is 0 Å². The molecular weight excluding hydrogens is 324 g/mol. The summed E-state index contributed by atoms with van der Waals surface area (Å²) in [7, 11) is 0. The van der Waals surface area contributed by atoms with E-state index >= 15 is 0 Å². The molecule has 3 aromatic rings. The molecule has 0 aliphatic rings. The van der Waals surface area contributed by atoms with Crippen LogP contribution >= 0.6 is 0 Å². The highest BCUT2D eigenvalue weighted by molar-refractivity contribution is 5.81. The lowest BCUT2D eigenvalue weighted by Crippen LogP contribution is -2.26. The minimum Gasteiger partial charge on any atom is -0.465 e. The summed E-state index contributed by atoms with van der Waals surface area (Å²) >= 11 is 0. The SMILES string of the molecule is Cc1ccc(CNC(=O)CCCn2nc(C)c3c(C)onc3c2=O)o1. The number of nitrogens with zero attached hydrogens (tertiary/aromatic N) is 3. The number of carbonyl (C=O) groups is 1.